The van der Waals surface area contributed by atoms with Gasteiger partial charge in [-0.2, -0.15) is 12.6 Å². The molecular weight excluding hydrogens is 256 g/mol. The quantitative estimate of drug-likeness (QED) is 0.767. The fraction of sp³-hybridized carbons (Fsp3) is 0.625. The van der Waals surface area contributed by atoms with Gasteiger partial charge in [0.2, 0.25) is 0 Å². The largest absolute Gasteiger partial charge is 0.493 e. The van der Waals surface area contributed by atoms with Gasteiger partial charge in [-0.25, -0.2) is 0 Å². The van der Waals surface area contributed by atoms with E-state index in [-0.39, 0.29) is 0 Å². The van der Waals surface area contributed by atoms with Gasteiger partial charge in [0.25, 0.3) is 0 Å². The van der Waals surface area contributed by atoms with Crippen molar-refractivity contribution in [1.82, 2.24) is 0 Å². The van der Waals surface area contributed by atoms with Crippen LogP contribution in [0.25, 0.3) is 0 Å². The van der Waals surface area contributed by atoms with Crippen LogP contribution in [-0.4, -0.2) is 26.1 Å². The maximum atomic E-state index is 5.96. The lowest BCUT2D eigenvalue weighted by atomic mass is 9.90. The summed E-state index contributed by atoms with van der Waals surface area (Å²) in [6.45, 7) is 1.57. The van der Waals surface area contributed by atoms with E-state index in [0.717, 1.165) is 31.1 Å². The fourth-order valence-corrected chi connectivity index (χ4v) is 3.09. The van der Waals surface area contributed by atoms with E-state index in [1.807, 2.05) is 0 Å². The van der Waals surface area contributed by atoms with Crippen molar-refractivity contribution in [3.05, 3.63) is 29.8 Å². The molecule has 1 fully saturated rings. The number of hydrogen-bond acceptors (Lipinski definition) is 3. The highest BCUT2D eigenvalue weighted by atomic mass is 32.1. The summed E-state index contributed by atoms with van der Waals surface area (Å²) >= 11 is 4.51. The molecule has 1 aromatic rings. The Kier molecular flexibility index (Phi) is 5.59. The molecule has 0 saturated heterocycles. The third-order valence-electron chi connectivity index (χ3n) is 4.06. The zero-order valence-electron chi connectivity index (χ0n) is 11.7. The zero-order chi connectivity index (χ0) is 13.6. The highest BCUT2D eigenvalue weighted by Gasteiger charge is 2.33. The third kappa shape index (κ3) is 4.15. The van der Waals surface area contributed by atoms with E-state index in [9.17, 15) is 0 Å². The molecule has 2 nitrogen and oxygen atoms in total. The highest BCUT2D eigenvalue weighted by molar-refractivity contribution is 7.80. The summed E-state index contributed by atoms with van der Waals surface area (Å²) < 4.78 is 11.0. The number of ether oxygens (including phenoxy) is 2. The molecule has 1 aliphatic rings. The number of benzene rings is 1. The summed E-state index contributed by atoms with van der Waals surface area (Å²) in [5.41, 5.74) is 1.59. The SMILES string of the molecule is COCCc1ccc(OCC2(CS)CCCC2)cc1. The summed E-state index contributed by atoms with van der Waals surface area (Å²) in [5.74, 6) is 1.90. The number of thiol groups is 1. The van der Waals surface area contributed by atoms with Gasteiger partial charge < -0.3 is 9.47 Å². The zero-order valence-corrected chi connectivity index (χ0v) is 12.6. The second kappa shape index (κ2) is 7.20. The number of hydrogen-bond donors (Lipinski definition) is 1. The van der Waals surface area contributed by atoms with Crippen LogP contribution in [0.15, 0.2) is 24.3 Å². The maximum Gasteiger partial charge on any atom is 0.119 e. The molecule has 0 spiro atoms. The predicted octanol–water partition coefficient (Wildman–Crippen LogP) is 3.74. The molecular formula is C16H24O2S. The minimum absolute atomic E-state index is 0.303. The van der Waals surface area contributed by atoms with E-state index in [1.54, 1.807) is 7.11 Å². The van der Waals surface area contributed by atoms with Crippen molar-refractivity contribution in [2.24, 2.45) is 5.41 Å². The number of methoxy groups -OCH3 is 1. The van der Waals surface area contributed by atoms with Crippen molar-refractivity contribution in [3.8, 4) is 5.75 Å². The molecule has 1 saturated carbocycles. The van der Waals surface area contributed by atoms with E-state index in [2.05, 4.69) is 36.9 Å². The predicted molar refractivity (Wildman–Crippen MR) is 82.3 cm³/mol. The molecule has 0 heterocycles. The van der Waals surface area contributed by atoms with Crippen LogP contribution in [0.2, 0.25) is 0 Å². The second-order valence-electron chi connectivity index (χ2n) is 5.54. The summed E-state index contributed by atoms with van der Waals surface area (Å²) in [4.78, 5) is 0. The van der Waals surface area contributed by atoms with Gasteiger partial charge in [-0.05, 0) is 42.7 Å². The van der Waals surface area contributed by atoms with Crippen molar-refractivity contribution in [2.45, 2.75) is 32.1 Å². The second-order valence-corrected chi connectivity index (χ2v) is 5.86. The highest BCUT2D eigenvalue weighted by Crippen LogP contribution is 2.39. The molecule has 0 amide bonds. The standard InChI is InChI=1S/C16H24O2S/c1-17-11-8-14-4-6-15(7-5-14)18-12-16(13-19)9-2-3-10-16/h4-7,19H,2-3,8-13H2,1H3. The van der Waals surface area contributed by atoms with E-state index in [0.29, 0.717) is 5.41 Å². The summed E-state index contributed by atoms with van der Waals surface area (Å²) in [7, 11) is 1.73. The summed E-state index contributed by atoms with van der Waals surface area (Å²) in [6, 6.07) is 8.37. The van der Waals surface area contributed by atoms with E-state index in [1.165, 1.54) is 31.2 Å². The molecule has 1 aromatic carbocycles. The average molecular weight is 280 g/mol. The Labute approximate surface area is 121 Å². The van der Waals surface area contributed by atoms with Crippen LogP contribution in [0, 0.1) is 5.41 Å². The Morgan fingerprint density at radius 1 is 1.16 bits per heavy atom. The van der Waals surface area contributed by atoms with E-state index >= 15 is 0 Å². The van der Waals surface area contributed by atoms with Gasteiger partial charge >= 0.3 is 0 Å². The van der Waals surface area contributed by atoms with Crippen molar-refractivity contribution < 1.29 is 9.47 Å². The van der Waals surface area contributed by atoms with Crippen molar-refractivity contribution >= 4 is 12.6 Å². The smallest absolute Gasteiger partial charge is 0.119 e. The minimum Gasteiger partial charge on any atom is -0.493 e. The van der Waals surface area contributed by atoms with E-state index < -0.39 is 0 Å². The molecule has 0 unspecified atom stereocenters. The molecule has 0 aliphatic heterocycles. The average Bonchev–Trinajstić information content (AvgIpc) is 2.93. The van der Waals surface area contributed by atoms with Crippen molar-refractivity contribution in [3.63, 3.8) is 0 Å². The first-order valence-electron chi connectivity index (χ1n) is 7.10. The van der Waals surface area contributed by atoms with Gasteiger partial charge in [-0.1, -0.05) is 25.0 Å². The van der Waals surface area contributed by atoms with Gasteiger partial charge in [-0.15, -0.1) is 0 Å². The molecule has 1 aliphatic carbocycles. The van der Waals surface area contributed by atoms with Crippen LogP contribution in [-0.2, 0) is 11.2 Å². The first-order valence-corrected chi connectivity index (χ1v) is 7.73. The molecule has 3 heteroatoms. The van der Waals surface area contributed by atoms with Gasteiger partial charge in [0.05, 0.1) is 13.2 Å². The lowest BCUT2D eigenvalue weighted by Crippen LogP contribution is -2.27. The summed E-state index contributed by atoms with van der Waals surface area (Å²) in [5, 5.41) is 0. The molecule has 2 rings (SSSR count). The van der Waals surface area contributed by atoms with Gasteiger partial charge in [-0.3, -0.25) is 0 Å². The maximum absolute atomic E-state index is 5.96. The van der Waals surface area contributed by atoms with Gasteiger partial charge in [0.15, 0.2) is 0 Å². The first-order chi connectivity index (χ1) is 9.28. The molecule has 0 bridgehead atoms. The van der Waals surface area contributed by atoms with Crippen molar-refractivity contribution in [2.75, 3.05) is 26.1 Å². The Morgan fingerprint density at radius 3 is 2.42 bits per heavy atom. The van der Waals surface area contributed by atoms with E-state index in [4.69, 9.17) is 9.47 Å². The fourth-order valence-electron chi connectivity index (χ4n) is 2.68. The van der Waals surface area contributed by atoms with Crippen molar-refractivity contribution in [1.29, 1.82) is 0 Å². The molecule has 106 valence electrons. The number of rotatable bonds is 7. The van der Waals surface area contributed by atoms with Gasteiger partial charge in [0.1, 0.15) is 5.75 Å². The molecule has 0 aromatic heterocycles. The third-order valence-corrected chi connectivity index (χ3v) is 4.73. The minimum atomic E-state index is 0.303. The molecule has 19 heavy (non-hydrogen) atoms. The molecule has 0 N–H and O–H groups in total. The van der Waals surface area contributed by atoms with Crippen LogP contribution >= 0.6 is 12.6 Å². The Morgan fingerprint density at radius 2 is 1.84 bits per heavy atom. The Hall–Kier alpha value is -0.670. The Balaban J connectivity index is 1.85. The van der Waals surface area contributed by atoms with Crippen LogP contribution < -0.4 is 4.74 Å². The molecule has 0 atom stereocenters. The monoisotopic (exact) mass is 280 g/mol. The van der Waals surface area contributed by atoms with Crippen LogP contribution in [0.4, 0.5) is 0 Å². The molecule has 0 radical (unpaired) electrons. The van der Waals surface area contributed by atoms with Crippen LogP contribution in [0.3, 0.4) is 0 Å². The van der Waals surface area contributed by atoms with Crippen LogP contribution in [0.1, 0.15) is 31.2 Å². The van der Waals surface area contributed by atoms with Gasteiger partial charge in [0, 0.05) is 12.5 Å². The van der Waals surface area contributed by atoms with Crippen LogP contribution in [0.5, 0.6) is 5.75 Å². The lowest BCUT2D eigenvalue weighted by Gasteiger charge is -2.26. The summed E-state index contributed by atoms with van der Waals surface area (Å²) in [6.07, 6.45) is 6.10. The first kappa shape index (κ1) is 14.7. The topological polar surface area (TPSA) is 18.5 Å². The normalized spacial score (nSPS) is 17.6. The lowest BCUT2D eigenvalue weighted by molar-refractivity contribution is 0.173. The Bertz CT molecular complexity index is 369.